The Labute approximate surface area is 366 Å². The lowest BCUT2D eigenvalue weighted by Crippen LogP contribution is -2.59. The number of methoxy groups -OCH3 is 3. The fourth-order valence-corrected chi connectivity index (χ4v) is 13.0. The zero-order chi connectivity index (χ0) is 43.1. The van der Waals surface area contributed by atoms with Gasteiger partial charge in [-0.25, -0.2) is 4.98 Å². The monoisotopic (exact) mass is 864 g/mol. The molecule has 13 heteroatoms. The number of ether oxygens (including phenoxy) is 8. The molecule has 336 valence electrons. The maximum atomic E-state index is 15.2. The van der Waals surface area contributed by atoms with Crippen LogP contribution in [0, 0.1) is 30.6 Å². The molecule has 2 aromatic rings. The van der Waals surface area contributed by atoms with Crippen LogP contribution in [0.1, 0.15) is 113 Å². The number of rotatable bonds is 10. The van der Waals surface area contributed by atoms with Crippen molar-refractivity contribution in [1.82, 2.24) is 10.3 Å². The Morgan fingerprint density at radius 2 is 1.69 bits per heavy atom. The SMILES string of the molecule is CC[C@H]1CCC[C@H](O[C@H]2CC[C@H](NC)[C@@H](C)O2)[C@@H](C)C(=O)C2=C[C@@H]3C(c4nc(-c5cccc(C)c5)sc4C4C[C@@H](O[C@@H]5O[C@@H](C)[C@H](OC)[C@@H](OC)[C@H]5OC)C[C@H]43)[C@@H]2CC(=O)O1. The number of nitrogens with one attached hydrogen (secondary N) is 1. The van der Waals surface area contributed by atoms with Gasteiger partial charge in [-0.2, -0.15) is 0 Å². The Hall–Kier alpha value is -2.59. The molecule has 1 N–H and O–H groups in total. The molecule has 3 aliphatic carbocycles. The van der Waals surface area contributed by atoms with Crippen molar-refractivity contribution in [2.24, 2.45) is 23.7 Å². The van der Waals surface area contributed by atoms with Crippen molar-refractivity contribution in [3.63, 3.8) is 0 Å². The van der Waals surface area contributed by atoms with Crippen LogP contribution in [0.5, 0.6) is 0 Å². The summed E-state index contributed by atoms with van der Waals surface area (Å²) in [6, 6.07) is 8.75. The number of ketones is 1. The first-order chi connectivity index (χ1) is 29.5. The molecule has 1 aromatic heterocycles. The minimum absolute atomic E-state index is 0.00349. The summed E-state index contributed by atoms with van der Waals surface area (Å²) in [5.41, 5.74) is 3.96. The van der Waals surface area contributed by atoms with Gasteiger partial charge in [0.05, 0.1) is 36.5 Å². The van der Waals surface area contributed by atoms with Crippen LogP contribution in [0.15, 0.2) is 35.9 Å². The zero-order valence-electron chi connectivity index (χ0n) is 37.5. The number of Topliss-reactive ketones (excluding diaryl/α,β-unsaturated/α-hetero) is 1. The number of fused-ring (bicyclic) bond motifs is 8. The van der Waals surface area contributed by atoms with Crippen molar-refractivity contribution < 1.29 is 47.5 Å². The van der Waals surface area contributed by atoms with E-state index in [0.29, 0.717) is 12.0 Å². The minimum atomic E-state index is -0.654. The van der Waals surface area contributed by atoms with Gasteiger partial charge in [0.25, 0.3) is 0 Å². The van der Waals surface area contributed by atoms with Crippen molar-refractivity contribution in [2.45, 2.75) is 172 Å². The van der Waals surface area contributed by atoms with Crippen molar-refractivity contribution in [2.75, 3.05) is 28.4 Å². The summed E-state index contributed by atoms with van der Waals surface area (Å²) in [7, 11) is 6.96. The van der Waals surface area contributed by atoms with Crippen LogP contribution >= 0.6 is 11.3 Å². The number of cyclic esters (lactones) is 1. The quantitative estimate of drug-likeness (QED) is 0.235. The Morgan fingerprint density at radius 1 is 0.902 bits per heavy atom. The van der Waals surface area contributed by atoms with Gasteiger partial charge < -0.3 is 43.2 Å². The highest BCUT2D eigenvalue weighted by Crippen LogP contribution is 2.63. The van der Waals surface area contributed by atoms with E-state index >= 15 is 4.79 Å². The number of carbonyl (C=O) groups excluding carboxylic acids is 2. The van der Waals surface area contributed by atoms with Crippen molar-refractivity contribution >= 4 is 23.1 Å². The summed E-state index contributed by atoms with van der Waals surface area (Å²) in [6.07, 6.45) is 5.33. The zero-order valence-corrected chi connectivity index (χ0v) is 38.3. The smallest absolute Gasteiger partial charge is 0.306 e. The summed E-state index contributed by atoms with van der Waals surface area (Å²) in [5, 5.41) is 4.32. The van der Waals surface area contributed by atoms with Crippen LogP contribution in [0.3, 0.4) is 0 Å². The third-order valence-electron chi connectivity index (χ3n) is 14.9. The van der Waals surface area contributed by atoms with Crippen LogP contribution in [0.2, 0.25) is 0 Å². The molecule has 1 aromatic carbocycles. The molecule has 17 atom stereocenters. The molecule has 0 amide bonds. The third kappa shape index (κ3) is 8.94. The van der Waals surface area contributed by atoms with Gasteiger partial charge in [-0.3, -0.25) is 9.59 Å². The number of esters is 1. The molecule has 4 heterocycles. The number of benzene rings is 1. The van der Waals surface area contributed by atoms with Crippen molar-refractivity contribution in [3.05, 3.63) is 52.0 Å². The number of aryl methyl sites for hydroxylation is 1. The molecule has 3 saturated heterocycles. The van der Waals surface area contributed by atoms with Crippen LogP contribution in [-0.4, -0.2) is 113 Å². The lowest BCUT2D eigenvalue weighted by atomic mass is 9.67. The fraction of sp³-hybridized carbons (Fsp3) is 0.729. The van der Waals surface area contributed by atoms with Crippen LogP contribution < -0.4 is 5.32 Å². The van der Waals surface area contributed by atoms with E-state index in [1.165, 1.54) is 10.4 Å². The molecule has 8 rings (SSSR count). The van der Waals surface area contributed by atoms with Gasteiger partial charge in [0.2, 0.25) is 0 Å². The second kappa shape index (κ2) is 19.3. The van der Waals surface area contributed by atoms with E-state index in [4.69, 9.17) is 42.9 Å². The summed E-state index contributed by atoms with van der Waals surface area (Å²) < 4.78 is 50.5. The largest absolute Gasteiger partial charge is 0.462 e. The molecular formula is C48H68N2O10S. The summed E-state index contributed by atoms with van der Waals surface area (Å²) in [6.45, 7) is 10.2. The van der Waals surface area contributed by atoms with Gasteiger partial charge in [-0.1, -0.05) is 43.7 Å². The molecule has 12 nitrogen and oxygen atoms in total. The van der Waals surface area contributed by atoms with E-state index in [9.17, 15) is 4.79 Å². The van der Waals surface area contributed by atoms with Crippen LogP contribution in [0.4, 0.5) is 0 Å². The molecule has 0 spiro atoms. The number of thiazole rings is 1. The van der Waals surface area contributed by atoms with Crippen LogP contribution in [-0.2, 0) is 47.5 Å². The van der Waals surface area contributed by atoms with E-state index in [2.05, 4.69) is 56.4 Å². The Kier molecular flexibility index (Phi) is 14.2. The molecule has 0 radical (unpaired) electrons. The molecule has 3 aliphatic heterocycles. The predicted octanol–water partition coefficient (Wildman–Crippen LogP) is 7.66. The highest BCUT2D eigenvalue weighted by atomic mass is 32.1. The maximum Gasteiger partial charge on any atom is 0.306 e. The average Bonchev–Trinajstić information content (AvgIpc) is 3.97. The molecule has 2 unspecified atom stereocenters. The first-order valence-corrected chi connectivity index (χ1v) is 23.7. The van der Waals surface area contributed by atoms with E-state index in [1.807, 2.05) is 20.9 Å². The first-order valence-electron chi connectivity index (χ1n) is 22.9. The fourth-order valence-electron chi connectivity index (χ4n) is 11.7. The topological polar surface area (TPSA) is 133 Å². The number of hydrogen-bond donors (Lipinski definition) is 1. The summed E-state index contributed by atoms with van der Waals surface area (Å²) >= 11 is 1.75. The number of likely N-dealkylation sites (N-methyl/N-ethyl adjacent to an activating group) is 1. The first kappa shape index (κ1) is 45.0. The number of nitrogens with zero attached hydrogens (tertiary/aromatic N) is 1. The predicted molar refractivity (Wildman–Crippen MR) is 231 cm³/mol. The molecule has 4 fully saturated rings. The standard InChI is InChI=1S/C48H68N2O10S/c1-10-29-15-12-16-37(60-39-18-17-36(49-6)26(4)56-39)25(3)42(52)34-22-32-31-20-30(59-48-45(55-9)44(54-8)43(53-7)27(5)57-48)21-35(31)46-41(40(32)33(34)23-38(51)58-29)50-47(61-46)28-14-11-13-24(2)19-28/h11,13-14,19,22,25-27,29-33,35-37,39-40,43-45,48-49H,10,12,15-18,20-21,23H2,1-9H3/t25-,26-,27+,29+,30+,31+,32+,33-,35?,36+,37+,39+,40?,43+,44-,45-,48+/m1/s1. The number of carbonyl (C=O) groups is 2. The molecule has 1 saturated carbocycles. The van der Waals surface area contributed by atoms with Gasteiger partial charge in [0, 0.05) is 61.5 Å². The van der Waals surface area contributed by atoms with E-state index in [1.54, 1.807) is 32.7 Å². The van der Waals surface area contributed by atoms with E-state index < -0.39 is 18.3 Å². The highest BCUT2D eigenvalue weighted by Gasteiger charge is 2.57. The normalized spacial score (nSPS) is 40.5. The average molecular weight is 865 g/mol. The van der Waals surface area contributed by atoms with Gasteiger partial charge in [-0.15, -0.1) is 11.3 Å². The lowest BCUT2D eigenvalue weighted by molar-refractivity contribution is -0.314. The van der Waals surface area contributed by atoms with Gasteiger partial charge >= 0.3 is 5.97 Å². The van der Waals surface area contributed by atoms with E-state index in [-0.39, 0.29) is 103 Å². The third-order valence-corrected chi connectivity index (χ3v) is 16.2. The Balaban J connectivity index is 1.15. The Morgan fingerprint density at radius 3 is 2.39 bits per heavy atom. The molecule has 6 aliphatic rings. The molecule has 0 bridgehead atoms. The van der Waals surface area contributed by atoms with Gasteiger partial charge in [-0.05, 0) is 103 Å². The Bertz CT molecular complexity index is 1890. The summed E-state index contributed by atoms with van der Waals surface area (Å²) in [4.78, 5) is 35.9. The number of aromatic nitrogens is 1. The molecule has 61 heavy (non-hydrogen) atoms. The molecular weight excluding hydrogens is 797 g/mol. The second-order valence-electron chi connectivity index (χ2n) is 18.5. The van der Waals surface area contributed by atoms with E-state index in [0.717, 1.165) is 61.2 Å². The van der Waals surface area contributed by atoms with Crippen LogP contribution in [0.25, 0.3) is 10.6 Å². The maximum absolute atomic E-state index is 15.2. The second-order valence-corrected chi connectivity index (χ2v) is 19.5. The number of allylic oxidation sites excluding steroid dienone is 2. The number of hydrogen-bond acceptors (Lipinski definition) is 13. The minimum Gasteiger partial charge on any atom is -0.462 e. The lowest BCUT2D eigenvalue weighted by Gasteiger charge is -2.44. The van der Waals surface area contributed by atoms with Crippen molar-refractivity contribution in [1.29, 1.82) is 0 Å². The van der Waals surface area contributed by atoms with Gasteiger partial charge in [0.1, 0.15) is 29.4 Å². The summed E-state index contributed by atoms with van der Waals surface area (Å²) in [5.74, 6) is -0.896. The van der Waals surface area contributed by atoms with Gasteiger partial charge in [0.15, 0.2) is 18.4 Å². The van der Waals surface area contributed by atoms with Crippen molar-refractivity contribution in [3.8, 4) is 10.6 Å². The highest BCUT2D eigenvalue weighted by molar-refractivity contribution is 7.15.